The zero-order chi connectivity index (χ0) is 35.5. The average molecular weight is 679 g/mol. The summed E-state index contributed by atoms with van der Waals surface area (Å²) in [7, 11) is 0. The Kier molecular flexibility index (Phi) is 32.3. The predicted molar refractivity (Wildman–Crippen MR) is 195 cm³/mol. The van der Waals surface area contributed by atoms with Crippen LogP contribution < -0.4 is 10.6 Å². The molecule has 0 aromatic carbocycles. The van der Waals surface area contributed by atoms with E-state index in [1.807, 2.05) is 6.08 Å². The molecule has 48 heavy (non-hydrogen) atoms. The highest BCUT2D eigenvalue weighted by Gasteiger charge is 2.18. The maximum atomic E-state index is 12.6. The minimum atomic E-state index is -1.39. The van der Waals surface area contributed by atoms with Crippen molar-refractivity contribution >= 4 is 23.8 Å². The molecule has 0 heterocycles. The lowest BCUT2D eigenvalue weighted by Gasteiger charge is -2.15. The first-order valence-corrected chi connectivity index (χ1v) is 19.2. The summed E-state index contributed by atoms with van der Waals surface area (Å²) in [6.45, 7) is 3.38. The molecule has 2 atom stereocenters. The van der Waals surface area contributed by atoms with Crippen molar-refractivity contribution < 1.29 is 34.1 Å². The van der Waals surface area contributed by atoms with Crippen molar-refractivity contribution in [1.29, 1.82) is 0 Å². The number of rotatable bonds is 34. The summed E-state index contributed by atoms with van der Waals surface area (Å²) in [6.07, 6.45) is 35.2. The van der Waals surface area contributed by atoms with Crippen molar-refractivity contribution in [2.75, 3.05) is 13.2 Å². The van der Waals surface area contributed by atoms with Gasteiger partial charge in [0.15, 0.2) is 0 Å². The molecular formula is C39H70N2O7. The van der Waals surface area contributed by atoms with Gasteiger partial charge in [-0.2, -0.15) is 0 Å². The van der Waals surface area contributed by atoms with Gasteiger partial charge >= 0.3 is 11.9 Å². The Morgan fingerprint density at radius 3 is 1.73 bits per heavy atom. The Bertz CT molecular complexity index is 874. The smallest absolute Gasteiger partial charge is 0.328 e. The monoisotopic (exact) mass is 679 g/mol. The van der Waals surface area contributed by atoms with E-state index in [-0.39, 0.29) is 30.9 Å². The molecule has 9 heteroatoms. The summed E-state index contributed by atoms with van der Waals surface area (Å²) in [6, 6.07) is -1.39. The number of carbonyl (C=O) groups is 4. The number of esters is 1. The normalized spacial score (nSPS) is 12.7. The first-order chi connectivity index (χ1) is 23.3. The topological polar surface area (TPSA) is 142 Å². The second kappa shape index (κ2) is 34.2. The van der Waals surface area contributed by atoms with E-state index in [0.29, 0.717) is 12.8 Å². The molecule has 9 nitrogen and oxygen atoms in total. The minimum Gasteiger partial charge on any atom is -0.480 e. The van der Waals surface area contributed by atoms with Gasteiger partial charge in [0.2, 0.25) is 11.8 Å². The van der Waals surface area contributed by atoms with Crippen LogP contribution in [0.15, 0.2) is 24.3 Å². The molecule has 0 aliphatic rings. The third-order valence-electron chi connectivity index (χ3n) is 8.41. The van der Waals surface area contributed by atoms with E-state index in [9.17, 15) is 19.2 Å². The third kappa shape index (κ3) is 30.6. The van der Waals surface area contributed by atoms with E-state index < -0.39 is 24.5 Å². The lowest BCUT2D eigenvalue weighted by atomic mass is 10.1. The molecule has 0 aromatic heterocycles. The second-order valence-electron chi connectivity index (χ2n) is 13.0. The van der Waals surface area contributed by atoms with Crippen LogP contribution in [0.1, 0.15) is 174 Å². The van der Waals surface area contributed by atoms with Crippen LogP contribution in [0.25, 0.3) is 0 Å². The van der Waals surface area contributed by atoms with Crippen molar-refractivity contribution in [2.24, 2.45) is 0 Å². The number of hydrogen-bond donors (Lipinski definition) is 4. The molecule has 0 rings (SSSR count). The van der Waals surface area contributed by atoms with E-state index >= 15 is 0 Å². The number of aliphatic carboxylic acids is 1. The fourth-order valence-electron chi connectivity index (χ4n) is 5.38. The van der Waals surface area contributed by atoms with Crippen LogP contribution in [0.4, 0.5) is 0 Å². The maximum absolute atomic E-state index is 12.6. The molecular weight excluding hydrogens is 608 g/mol. The zero-order valence-corrected chi connectivity index (χ0v) is 30.5. The van der Waals surface area contributed by atoms with Crippen LogP contribution >= 0.6 is 0 Å². The summed E-state index contributed by atoms with van der Waals surface area (Å²) < 4.78 is 5.84. The number of carboxylic acid groups (broad SMARTS) is 1. The van der Waals surface area contributed by atoms with Gasteiger partial charge in [-0.15, -0.1) is 0 Å². The van der Waals surface area contributed by atoms with Crippen molar-refractivity contribution in [2.45, 2.75) is 187 Å². The second-order valence-corrected chi connectivity index (χ2v) is 13.0. The number of aliphatic hydroxyl groups is 1. The first-order valence-electron chi connectivity index (χ1n) is 19.2. The van der Waals surface area contributed by atoms with E-state index in [0.717, 1.165) is 64.2 Å². The van der Waals surface area contributed by atoms with Crippen LogP contribution in [-0.4, -0.2) is 59.3 Å². The largest absolute Gasteiger partial charge is 0.480 e. The van der Waals surface area contributed by atoms with Crippen molar-refractivity contribution in [3.63, 3.8) is 0 Å². The molecule has 4 N–H and O–H groups in total. The molecule has 0 bridgehead atoms. The van der Waals surface area contributed by atoms with Crippen molar-refractivity contribution in [3.8, 4) is 0 Å². The highest BCUT2D eigenvalue weighted by atomic mass is 16.5. The van der Waals surface area contributed by atoms with Gasteiger partial charge in [0.25, 0.3) is 0 Å². The van der Waals surface area contributed by atoms with Gasteiger partial charge < -0.3 is 25.6 Å². The van der Waals surface area contributed by atoms with Gasteiger partial charge in [0.1, 0.15) is 12.1 Å². The first kappa shape index (κ1) is 45.3. The van der Waals surface area contributed by atoms with Gasteiger partial charge in [0.05, 0.1) is 13.2 Å². The highest BCUT2D eigenvalue weighted by Crippen LogP contribution is 2.15. The number of ether oxygens (including phenoxy) is 1. The fourth-order valence-corrected chi connectivity index (χ4v) is 5.38. The molecule has 278 valence electrons. The molecule has 2 unspecified atom stereocenters. The number of allylic oxidation sites excluding steroid dienone is 3. The Morgan fingerprint density at radius 2 is 1.12 bits per heavy atom. The minimum absolute atomic E-state index is 0.124. The predicted octanol–water partition coefficient (Wildman–Crippen LogP) is 8.48. The van der Waals surface area contributed by atoms with Gasteiger partial charge in [-0.3, -0.25) is 14.4 Å². The third-order valence-corrected chi connectivity index (χ3v) is 8.41. The van der Waals surface area contributed by atoms with Gasteiger partial charge in [-0.05, 0) is 70.3 Å². The molecule has 0 aromatic rings. The van der Waals surface area contributed by atoms with Crippen molar-refractivity contribution in [3.05, 3.63) is 24.3 Å². The van der Waals surface area contributed by atoms with Gasteiger partial charge in [-0.1, -0.05) is 116 Å². The molecule has 0 radical (unpaired) electrons. The number of nitrogens with one attached hydrogen (secondary N) is 2. The zero-order valence-electron chi connectivity index (χ0n) is 30.5. The Hall–Kier alpha value is -2.68. The van der Waals surface area contributed by atoms with E-state index in [2.05, 4.69) is 42.7 Å². The number of aliphatic hydroxyl groups excluding tert-OH is 1. The number of amides is 2. The van der Waals surface area contributed by atoms with Crippen LogP contribution in [-0.2, 0) is 23.9 Å². The molecule has 0 saturated heterocycles. The summed E-state index contributed by atoms with van der Waals surface area (Å²) in [5.74, 6) is -2.41. The Morgan fingerprint density at radius 1 is 0.625 bits per heavy atom. The molecule has 0 aliphatic carbocycles. The summed E-state index contributed by atoms with van der Waals surface area (Å²) in [5, 5.41) is 22.4. The van der Waals surface area contributed by atoms with Crippen LogP contribution in [0.5, 0.6) is 0 Å². The molecule has 2 amide bonds. The lowest BCUT2D eigenvalue weighted by molar-refractivity contribution is -0.147. The Balaban J connectivity index is 4.12. The summed E-state index contributed by atoms with van der Waals surface area (Å²) in [5.41, 5.74) is 0. The van der Waals surface area contributed by atoms with Crippen LogP contribution in [0.2, 0.25) is 0 Å². The van der Waals surface area contributed by atoms with E-state index in [4.69, 9.17) is 14.9 Å². The van der Waals surface area contributed by atoms with Crippen molar-refractivity contribution in [1.82, 2.24) is 10.6 Å². The van der Waals surface area contributed by atoms with Gasteiger partial charge in [-0.25, -0.2) is 4.79 Å². The van der Waals surface area contributed by atoms with Gasteiger partial charge in [0, 0.05) is 12.8 Å². The number of carboxylic acids is 1. The molecule has 0 saturated carbocycles. The fraction of sp³-hybridized carbons (Fsp3) is 0.795. The average Bonchev–Trinajstić information content (AvgIpc) is 3.07. The van der Waals surface area contributed by atoms with E-state index in [1.54, 1.807) is 0 Å². The standard InChI is InChI=1S/C39H70N2O7/c1-3-5-7-9-10-11-12-13-14-15-16-17-18-19-21-27-31-38(45)48-34(28-24-20-8-6-4-2)29-25-22-23-26-30-36(43)40-32-37(44)41-35(33-42)39(46)47/h14-15,24,28,34-35,42H,3-13,16-23,25-27,29-33H2,1-2H3,(H,40,43)(H,41,44)(H,46,47)/b15-14-,28-24-. The van der Waals surface area contributed by atoms with Crippen LogP contribution in [0, 0.1) is 0 Å². The summed E-state index contributed by atoms with van der Waals surface area (Å²) in [4.78, 5) is 47.2. The maximum Gasteiger partial charge on any atom is 0.328 e. The number of carbonyl (C=O) groups excluding carboxylic acids is 3. The summed E-state index contributed by atoms with van der Waals surface area (Å²) >= 11 is 0. The lowest BCUT2D eigenvalue weighted by Crippen LogP contribution is -2.47. The Labute approximate surface area is 292 Å². The SMILES string of the molecule is CCCCC/C=C\C(CCCCCCC(=O)NCC(=O)NC(CO)C(=O)O)OC(=O)CCCCCCC/C=C\CCCCCCCCC. The van der Waals surface area contributed by atoms with E-state index in [1.165, 1.54) is 77.0 Å². The number of unbranched alkanes of at least 4 members (excludes halogenated alkanes) is 18. The molecule has 0 fully saturated rings. The number of hydrogen-bond acceptors (Lipinski definition) is 6. The molecule has 0 aliphatic heterocycles. The van der Waals surface area contributed by atoms with Crippen LogP contribution in [0.3, 0.4) is 0 Å². The highest BCUT2D eigenvalue weighted by molar-refractivity contribution is 5.87. The molecule has 0 spiro atoms. The quantitative estimate of drug-likeness (QED) is 0.0304.